The van der Waals surface area contributed by atoms with Crippen LogP contribution >= 0.6 is 0 Å². The molecule has 0 aromatic carbocycles. The molecular formula is C9H18N4. The lowest BCUT2D eigenvalue weighted by molar-refractivity contribution is 0.500. The minimum absolute atomic E-state index is 0.532. The van der Waals surface area contributed by atoms with Crippen LogP contribution in [0.15, 0.2) is 0 Å². The summed E-state index contributed by atoms with van der Waals surface area (Å²) in [5.41, 5.74) is 2.18. The van der Waals surface area contributed by atoms with Crippen LogP contribution in [0.4, 0.5) is 0 Å². The van der Waals surface area contributed by atoms with Crippen molar-refractivity contribution in [2.45, 2.75) is 40.3 Å². The van der Waals surface area contributed by atoms with Crippen LogP contribution in [0.1, 0.15) is 25.2 Å². The maximum absolute atomic E-state index is 4.04. The van der Waals surface area contributed by atoms with E-state index in [0.29, 0.717) is 6.04 Å². The van der Waals surface area contributed by atoms with Gasteiger partial charge in [0.1, 0.15) is 0 Å². The van der Waals surface area contributed by atoms with Crippen LogP contribution in [0.25, 0.3) is 0 Å². The van der Waals surface area contributed by atoms with Crippen LogP contribution in [0, 0.1) is 13.8 Å². The average Bonchev–Trinajstić information content (AvgIpc) is 2.35. The van der Waals surface area contributed by atoms with Gasteiger partial charge in [0, 0.05) is 12.6 Å². The molecule has 1 heterocycles. The van der Waals surface area contributed by atoms with Crippen molar-refractivity contribution in [2.24, 2.45) is 0 Å². The van der Waals surface area contributed by atoms with Crippen molar-refractivity contribution in [2.75, 3.05) is 6.54 Å². The smallest absolute Gasteiger partial charge is 0.0825 e. The van der Waals surface area contributed by atoms with Gasteiger partial charge in [-0.15, -0.1) is 5.10 Å². The van der Waals surface area contributed by atoms with Crippen LogP contribution in [0.2, 0.25) is 0 Å². The molecule has 1 aromatic rings. The molecule has 0 spiro atoms. The molecule has 0 amide bonds. The number of aryl methyl sites for hydroxylation is 1. The van der Waals surface area contributed by atoms with Crippen LogP contribution in [-0.2, 0) is 6.54 Å². The van der Waals surface area contributed by atoms with E-state index in [0.717, 1.165) is 24.5 Å². The molecule has 0 unspecified atom stereocenters. The maximum atomic E-state index is 4.04. The van der Waals surface area contributed by atoms with Crippen molar-refractivity contribution in [3.63, 3.8) is 0 Å². The Labute approximate surface area is 79.3 Å². The van der Waals surface area contributed by atoms with Gasteiger partial charge in [-0.2, -0.15) is 0 Å². The van der Waals surface area contributed by atoms with E-state index in [1.54, 1.807) is 0 Å². The van der Waals surface area contributed by atoms with Gasteiger partial charge in [-0.05, 0) is 13.8 Å². The van der Waals surface area contributed by atoms with Gasteiger partial charge in [0.2, 0.25) is 0 Å². The van der Waals surface area contributed by atoms with Gasteiger partial charge >= 0.3 is 0 Å². The number of hydrogen-bond donors (Lipinski definition) is 1. The number of rotatable bonds is 4. The monoisotopic (exact) mass is 182 g/mol. The van der Waals surface area contributed by atoms with Crippen LogP contribution in [0.5, 0.6) is 0 Å². The molecule has 1 N–H and O–H groups in total. The lowest BCUT2D eigenvalue weighted by Gasteiger charge is -2.08. The largest absolute Gasteiger partial charge is 0.313 e. The molecule has 0 saturated heterocycles. The lowest BCUT2D eigenvalue weighted by atomic mass is 10.3. The number of nitrogens with zero attached hydrogens (tertiary/aromatic N) is 3. The van der Waals surface area contributed by atoms with E-state index in [4.69, 9.17) is 0 Å². The fourth-order valence-corrected chi connectivity index (χ4v) is 1.12. The predicted molar refractivity (Wildman–Crippen MR) is 52.6 cm³/mol. The quantitative estimate of drug-likeness (QED) is 0.752. The van der Waals surface area contributed by atoms with E-state index in [9.17, 15) is 0 Å². The second-order valence-corrected chi connectivity index (χ2v) is 3.59. The second kappa shape index (κ2) is 4.37. The molecule has 0 aliphatic rings. The minimum Gasteiger partial charge on any atom is -0.313 e. The van der Waals surface area contributed by atoms with Crippen LogP contribution in [-0.4, -0.2) is 27.6 Å². The van der Waals surface area contributed by atoms with Crippen molar-refractivity contribution in [1.82, 2.24) is 20.3 Å². The molecule has 0 fully saturated rings. The highest BCUT2D eigenvalue weighted by molar-refractivity contribution is 5.04. The maximum Gasteiger partial charge on any atom is 0.0825 e. The zero-order valence-corrected chi connectivity index (χ0v) is 8.83. The summed E-state index contributed by atoms with van der Waals surface area (Å²) >= 11 is 0. The third kappa shape index (κ3) is 2.81. The molecule has 1 rings (SSSR count). The first-order chi connectivity index (χ1) is 6.11. The first kappa shape index (κ1) is 10.2. The zero-order valence-electron chi connectivity index (χ0n) is 8.83. The summed E-state index contributed by atoms with van der Waals surface area (Å²) in [6.07, 6.45) is 0. The highest BCUT2D eigenvalue weighted by Gasteiger charge is 2.02. The highest BCUT2D eigenvalue weighted by atomic mass is 15.4. The molecule has 1 aromatic heterocycles. The summed E-state index contributed by atoms with van der Waals surface area (Å²) in [6, 6.07) is 0.532. The molecule has 0 saturated carbocycles. The van der Waals surface area contributed by atoms with Gasteiger partial charge in [0.25, 0.3) is 0 Å². The Hall–Kier alpha value is -0.900. The molecule has 74 valence electrons. The Morgan fingerprint density at radius 2 is 2.08 bits per heavy atom. The molecule has 0 radical (unpaired) electrons. The van der Waals surface area contributed by atoms with Crippen molar-refractivity contribution < 1.29 is 0 Å². The Morgan fingerprint density at radius 1 is 1.38 bits per heavy atom. The Bertz CT molecular complexity index is 265. The minimum atomic E-state index is 0.532. The molecule has 0 aliphatic heterocycles. The zero-order chi connectivity index (χ0) is 9.84. The van der Waals surface area contributed by atoms with Crippen molar-refractivity contribution in [3.8, 4) is 0 Å². The topological polar surface area (TPSA) is 42.7 Å². The van der Waals surface area contributed by atoms with Crippen molar-refractivity contribution in [3.05, 3.63) is 11.4 Å². The van der Waals surface area contributed by atoms with E-state index in [1.165, 1.54) is 0 Å². The third-order valence-electron chi connectivity index (χ3n) is 2.09. The molecule has 0 bridgehead atoms. The van der Waals surface area contributed by atoms with Crippen molar-refractivity contribution in [1.29, 1.82) is 0 Å². The van der Waals surface area contributed by atoms with Gasteiger partial charge < -0.3 is 5.32 Å². The summed E-state index contributed by atoms with van der Waals surface area (Å²) in [5, 5.41) is 11.4. The standard InChI is InChI=1S/C9H18N4/c1-7(2)10-5-6-13-9(4)8(3)11-12-13/h7,10H,5-6H2,1-4H3. The van der Waals surface area contributed by atoms with Gasteiger partial charge in [0.15, 0.2) is 0 Å². The average molecular weight is 182 g/mol. The van der Waals surface area contributed by atoms with E-state index >= 15 is 0 Å². The SMILES string of the molecule is Cc1nnn(CCNC(C)C)c1C. The summed E-state index contributed by atoms with van der Waals surface area (Å²) in [7, 11) is 0. The fraction of sp³-hybridized carbons (Fsp3) is 0.778. The Morgan fingerprint density at radius 3 is 2.54 bits per heavy atom. The normalized spacial score (nSPS) is 11.2. The molecule has 4 heteroatoms. The van der Waals surface area contributed by atoms with E-state index in [2.05, 4.69) is 29.5 Å². The first-order valence-corrected chi connectivity index (χ1v) is 4.71. The Kier molecular flexibility index (Phi) is 3.42. The molecular weight excluding hydrogens is 164 g/mol. The second-order valence-electron chi connectivity index (χ2n) is 3.59. The molecule has 4 nitrogen and oxygen atoms in total. The molecule has 13 heavy (non-hydrogen) atoms. The summed E-state index contributed by atoms with van der Waals surface area (Å²) in [5.74, 6) is 0. The number of hydrogen-bond acceptors (Lipinski definition) is 3. The summed E-state index contributed by atoms with van der Waals surface area (Å²) in [6.45, 7) is 10.1. The summed E-state index contributed by atoms with van der Waals surface area (Å²) in [4.78, 5) is 0. The third-order valence-corrected chi connectivity index (χ3v) is 2.09. The van der Waals surface area contributed by atoms with E-state index < -0.39 is 0 Å². The van der Waals surface area contributed by atoms with Gasteiger partial charge in [-0.3, -0.25) is 0 Å². The molecule has 0 aliphatic carbocycles. The lowest BCUT2D eigenvalue weighted by Crippen LogP contribution is -2.27. The number of aromatic nitrogens is 3. The number of nitrogens with one attached hydrogen (secondary N) is 1. The van der Waals surface area contributed by atoms with Crippen LogP contribution in [0.3, 0.4) is 0 Å². The summed E-state index contributed by atoms with van der Waals surface area (Å²) < 4.78 is 1.94. The Balaban J connectivity index is 2.41. The fourth-order valence-electron chi connectivity index (χ4n) is 1.12. The van der Waals surface area contributed by atoms with Crippen LogP contribution < -0.4 is 5.32 Å². The first-order valence-electron chi connectivity index (χ1n) is 4.71. The van der Waals surface area contributed by atoms with Gasteiger partial charge in [-0.25, -0.2) is 4.68 Å². The van der Waals surface area contributed by atoms with Crippen molar-refractivity contribution >= 4 is 0 Å². The molecule has 0 atom stereocenters. The van der Waals surface area contributed by atoms with E-state index in [-0.39, 0.29) is 0 Å². The van der Waals surface area contributed by atoms with E-state index in [1.807, 2.05) is 18.5 Å². The highest BCUT2D eigenvalue weighted by Crippen LogP contribution is 1.99. The van der Waals surface area contributed by atoms with Gasteiger partial charge in [-0.1, -0.05) is 19.1 Å². The van der Waals surface area contributed by atoms with Gasteiger partial charge in [0.05, 0.1) is 17.9 Å². The predicted octanol–water partition coefficient (Wildman–Crippen LogP) is 0.893.